The van der Waals surface area contributed by atoms with E-state index < -0.39 is 5.91 Å². The van der Waals surface area contributed by atoms with Crippen molar-refractivity contribution in [3.63, 3.8) is 0 Å². The first-order valence-electron chi connectivity index (χ1n) is 5.29. The molecule has 0 aliphatic carbocycles. The van der Waals surface area contributed by atoms with Gasteiger partial charge >= 0.3 is 0 Å². The van der Waals surface area contributed by atoms with E-state index in [9.17, 15) is 4.79 Å². The SMILES string of the molecule is CCCC(=N)c1ccc(C(N)=O)cc1NC. The van der Waals surface area contributed by atoms with E-state index in [0.717, 1.165) is 24.1 Å². The standard InChI is InChI=1S/C12H17N3O/c1-3-4-10(13)9-6-5-8(12(14)16)7-11(9)15-2/h5-7,13,15H,3-4H2,1-2H3,(H2,14,16). The lowest BCUT2D eigenvalue weighted by molar-refractivity contribution is 0.100. The molecule has 0 spiro atoms. The molecule has 0 bridgehead atoms. The Morgan fingerprint density at radius 2 is 2.19 bits per heavy atom. The molecule has 4 N–H and O–H groups in total. The minimum Gasteiger partial charge on any atom is -0.388 e. The maximum atomic E-state index is 11.0. The van der Waals surface area contributed by atoms with Crippen LogP contribution in [0, 0.1) is 5.41 Å². The van der Waals surface area contributed by atoms with Gasteiger partial charge in [0.25, 0.3) is 0 Å². The highest BCUT2D eigenvalue weighted by Gasteiger charge is 2.09. The molecule has 1 rings (SSSR count). The molecule has 4 heteroatoms. The van der Waals surface area contributed by atoms with E-state index in [-0.39, 0.29) is 0 Å². The molecular weight excluding hydrogens is 202 g/mol. The number of carbonyl (C=O) groups is 1. The van der Waals surface area contributed by atoms with Crippen LogP contribution >= 0.6 is 0 Å². The summed E-state index contributed by atoms with van der Waals surface area (Å²) in [6, 6.07) is 5.11. The lowest BCUT2D eigenvalue weighted by atomic mass is 10.0. The van der Waals surface area contributed by atoms with Crippen molar-refractivity contribution >= 4 is 17.3 Å². The van der Waals surface area contributed by atoms with Crippen molar-refractivity contribution in [1.82, 2.24) is 0 Å². The van der Waals surface area contributed by atoms with E-state index in [0.29, 0.717) is 11.3 Å². The molecule has 86 valence electrons. The number of rotatable bonds is 5. The smallest absolute Gasteiger partial charge is 0.248 e. The fraction of sp³-hybridized carbons (Fsp3) is 0.333. The van der Waals surface area contributed by atoms with Crippen LogP contribution in [0.3, 0.4) is 0 Å². The van der Waals surface area contributed by atoms with Crippen molar-refractivity contribution in [3.8, 4) is 0 Å². The molecule has 0 aromatic heterocycles. The lowest BCUT2D eigenvalue weighted by Gasteiger charge is -2.10. The second-order valence-corrected chi connectivity index (χ2v) is 3.60. The van der Waals surface area contributed by atoms with Crippen molar-refractivity contribution in [2.24, 2.45) is 5.73 Å². The second-order valence-electron chi connectivity index (χ2n) is 3.60. The van der Waals surface area contributed by atoms with Gasteiger partial charge in [0.2, 0.25) is 5.91 Å². The lowest BCUT2D eigenvalue weighted by Crippen LogP contribution is -2.12. The summed E-state index contributed by atoms with van der Waals surface area (Å²) >= 11 is 0. The highest BCUT2D eigenvalue weighted by atomic mass is 16.1. The molecule has 0 heterocycles. The third-order valence-electron chi connectivity index (χ3n) is 2.40. The number of amides is 1. The number of primary amides is 1. The van der Waals surface area contributed by atoms with E-state index in [1.165, 1.54) is 0 Å². The maximum absolute atomic E-state index is 11.0. The van der Waals surface area contributed by atoms with Crippen molar-refractivity contribution < 1.29 is 4.79 Å². The van der Waals surface area contributed by atoms with E-state index >= 15 is 0 Å². The summed E-state index contributed by atoms with van der Waals surface area (Å²) in [6.45, 7) is 2.03. The number of nitrogens with one attached hydrogen (secondary N) is 2. The van der Waals surface area contributed by atoms with Crippen molar-refractivity contribution in [2.45, 2.75) is 19.8 Å². The van der Waals surface area contributed by atoms with Gasteiger partial charge in [-0.25, -0.2) is 0 Å². The van der Waals surface area contributed by atoms with Gasteiger partial charge in [-0.15, -0.1) is 0 Å². The van der Waals surface area contributed by atoms with Crippen molar-refractivity contribution in [1.29, 1.82) is 5.41 Å². The Bertz CT molecular complexity index is 413. The number of anilines is 1. The Kier molecular flexibility index (Phi) is 4.05. The third-order valence-corrected chi connectivity index (χ3v) is 2.40. The van der Waals surface area contributed by atoms with Crippen molar-refractivity contribution in [2.75, 3.05) is 12.4 Å². The summed E-state index contributed by atoms with van der Waals surface area (Å²) in [6.07, 6.45) is 1.66. The van der Waals surface area contributed by atoms with E-state index in [1.54, 1.807) is 25.2 Å². The number of hydrogen-bond donors (Lipinski definition) is 3. The molecule has 0 atom stereocenters. The molecule has 0 aliphatic heterocycles. The summed E-state index contributed by atoms with van der Waals surface area (Å²) in [7, 11) is 1.77. The highest BCUT2D eigenvalue weighted by Crippen LogP contribution is 2.19. The van der Waals surface area contributed by atoms with Crippen molar-refractivity contribution in [3.05, 3.63) is 29.3 Å². The third kappa shape index (κ3) is 2.59. The summed E-state index contributed by atoms with van der Waals surface area (Å²) < 4.78 is 0. The van der Waals surface area contributed by atoms with Crippen LogP contribution in [0.2, 0.25) is 0 Å². The molecule has 4 nitrogen and oxygen atoms in total. The van der Waals surface area contributed by atoms with Gasteiger partial charge in [0.05, 0.1) is 0 Å². The first-order chi connectivity index (χ1) is 7.60. The Labute approximate surface area is 95.4 Å². The quantitative estimate of drug-likeness (QED) is 0.662. The van der Waals surface area contributed by atoms with Gasteiger partial charge in [-0.1, -0.05) is 19.4 Å². The largest absolute Gasteiger partial charge is 0.388 e. The van der Waals surface area contributed by atoms with Gasteiger partial charge in [-0.3, -0.25) is 4.79 Å². The Balaban J connectivity index is 3.11. The van der Waals surface area contributed by atoms with Crippen LogP contribution in [0.5, 0.6) is 0 Å². The topological polar surface area (TPSA) is 79.0 Å². The number of carbonyl (C=O) groups excluding carboxylic acids is 1. The Morgan fingerprint density at radius 1 is 1.50 bits per heavy atom. The Morgan fingerprint density at radius 3 is 2.69 bits per heavy atom. The molecule has 0 unspecified atom stereocenters. The van der Waals surface area contributed by atoms with Gasteiger partial charge in [0, 0.05) is 29.6 Å². The average Bonchev–Trinajstić information content (AvgIpc) is 2.28. The van der Waals surface area contributed by atoms with E-state index in [1.807, 2.05) is 6.92 Å². The minimum atomic E-state index is -0.454. The van der Waals surface area contributed by atoms with Crippen LogP contribution in [0.15, 0.2) is 18.2 Å². The summed E-state index contributed by atoms with van der Waals surface area (Å²) in [5.74, 6) is -0.454. The van der Waals surface area contributed by atoms with Gasteiger partial charge in [-0.05, 0) is 18.6 Å². The predicted octanol–water partition coefficient (Wildman–Crippen LogP) is 2.00. The molecule has 1 aromatic carbocycles. The molecule has 0 aliphatic rings. The summed E-state index contributed by atoms with van der Waals surface area (Å²) in [5, 5.41) is 10.9. The first kappa shape index (κ1) is 12.2. The first-order valence-corrected chi connectivity index (χ1v) is 5.29. The molecule has 16 heavy (non-hydrogen) atoms. The zero-order chi connectivity index (χ0) is 12.1. The predicted molar refractivity (Wildman–Crippen MR) is 66.2 cm³/mol. The molecular formula is C12H17N3O. The summed E-state index contributed by atoms with van der Waals surface area (Å²) in [4.78, 5) is 11.0. The van der Waals surface area contributed by atoms with E-state index in [2.05, 4.69) is 5.32 Å². The van der Waals surface area contributed by atoms with Crippen LogP contribution in [0.1, 0.15) is 35.7 Å². The second kappa shape index (κ2) is 5.30. The molecule has 1 amide bonds. The van der Waals surface area contributed by atoms with Gasteiger partial charge < -0.3 is 16.5 Å². The monoisotopic (exact) mass is 219 g/mol. The highest BCUT2D eigenvalue weighted by molar-refractivity contribution is 6.04. The number of benzene rings is 1. The molecule has 0 fully saturated rings. The number of hydrogen-bond acceptors (Lipinski definition) is 3. The molecule has 0 saturated carbocycles. The van der Waals surface area contributed by atoms with Crippen LogP contribution < -0.4 is 11.1 Å². The van der Waals surface area contributed by atoms with Crippen LogP contribution in [-0.4, -0.2) is 18.7 Å². The van der Waals surface area contributed by atoms with Crippen LogP contribution in [-0.2, 0) is 0 Å². The fourth-order valence-corrected chi connectivity index (χ4v) is 1.55. The zero-order valence-electron chi connectivity index (χ0n) is 9.63. The molecule has 0 saturated heterocycles. The van der Waals surface area contributed by atoms with E-state index in [4.69, 9.17) is 11.1 Å². The molecule has 1 aromatic rings. The average molecular weight is 219 g/mol. The van der Waals surface area contributed by atoms with Gasteiger partial charge in [0.15, 0.2) is 0 Å². The normalized spacial score (nSPS) is 9.88. The molecule has 0 radical (unpaired) electrons. The zero-order valence-corrected chi connectivity index (χ0v) is 9.63. The van der Waals surface area contributed by atoms with Crippen LogP contribution in [0.25, 0.3) is 0 Å². The fourth-order valence-electron chi connectivity index (χ4n) is 1.55. The number of nitrogens with two attached hydrogens (primary N) is 1. The minimum absolute atomic E-state index is 0.454. The Hall–Kier alpha value is -1.84. The van der Waals surface area contributed by atoms with Gasteiger partial charge in [-0.2, -0.15) is 0 Å². The summed E-state index contributed by atoms with van der Waals surface area (Å²) in [5.41, 5.74) is 7.83. The maximum Gasteiger partial charge on any atom is 0.248 e. The van der Waals surface area contributed by atoms with Crippen LogP contribution in [0.4, 0.5) is 5.69 Å². The van der Waals surface area contributed by atoms with Gasteiger partial charge in [0.1, 0.15) is 0 Å².